The SMILES string of the molecule is C=CCn1cc(C)nc1NC(C)c1ccccc1F. The largest absolute Gasteiger partial charge is 0.349 e. The molecule has 1 heterocycles. The maximum atomic E-state index is 13.7. The molecule has 0 amide bonds. The van der Waals surface area contributed by atoms with Gasteiger partial charge in [-0.25, -0.2) is 9.37 Å². The molecule has 100 valence electrons. The van der Waals surface area contributed by atoms with Crippen LogP contribution < -0.4 is 5.32 Å². The van der Waals surface area contributed by atoms with Crippen molar-refractivity contribution in [3.63, 3.8) is 0 Å². The number of rotatable bonds is 5. The average molecular weight is 259 g/mol. The summed E-state index contributed by atoms with van der Waals surface area (Å²) in [6, 6.07) is 6.62. The zero-order valence-corrected chi connectivity index (χ0v) is 11.2. The van der Waals surface area contributed by atoms with Crippen LogP contribution >= 0.6 is 0 Å². The smallest absolute Gasteiger partial charge is 0.203 e. The number of nitrogens with one attached hydrogen (secondary N) is 1. The van der Waals surface area contributed by atoms with Crippen LogP contribution in [0.4, 0.5) is 10.3 Å². The van der Waals surface area contributed by atoms with Crippen LogP contribution in [0.3, 0.4) is 0 Å². The maximum absolute atomic E-state index is 13.7. The fourth-order valence-electron chi connectivity index (χ4n) is 2.04. The number of allylic oxidation sites excluding steroid dienone is 1. The number of hydrogen-bond acceptors (Lipinski definition) is 2. The summed E-state index contributed by atoms with van der Waals surface area (Å²) >= 11 is 0. The number of aromatic nitrogens is 2. The Hall–Kier alpha value is -2.10. The van der Waals surface area contributed by atoms with Crippen LogP contribution in [0.2, 0.25) is 0 Å². The van der Waals surface area contributed by atoms with E-state index < -0.39 is 0 Å². The van der Waals surface area contributed by atoms with E-state index in [-0.39, 0.29) is 11.9 Å². The van der Waals surface area contributed by atoms with Gasteiger partial charge in [-0.05, 0) is 19.9 Å². The Morgan fingerprint density at radius 1 is 1.47 bits per heavy atom. The highest BCUT2D eigenvalue weighted by molar-refractivity contribution is 5.35. The van der Waals surface area contributed by atoms with E-state index in [0.29, 0.717) is 12.1 Å². The Balaban J connectivity index is 2.21. The van der Waals surface area contributed by atoms with Crippen LogP contribution in [0, 0.1) is 12.7 Å². The Morgan fingerprint density at radius 3 is 2.89 bits per heavy atom. The fourth-order valence-corrected chi connectivity index (χ4v) is 2.04. The highest BCUT2D eigenvalue weighted by Gasteiger charge is 2.13. The third-order valence-electron chi connectivity index (χ3n) is 2.94. The lowest BCUT2D eigenvalue weighted by Crippen LogP contribution is -2.12. The van der Waals surface area contributed by atoms with E-state index in [2.05, 4.69) is 16.9 Å². The number of halogens is 1. The van der Waals surface area contributed by atoms with Gasteiger partial charge in [0.25, 0.3) is 0 Å². The lowest BCUT2D eigenvalue weighted by atomic mass is 10.1. The highest BCUT2D eigenvalue weighted by Crippen LogP contribution is 2.21. The van der Waals surface area contributed by atoms with Crippen molar-refractivity contribution in [2.45, 2.75) is 26.4 Å². The van der Waals surface area contributed by atoms with Gasteiger partial charge < -0.3 is 9.88 Å². The minimum absolute atomic E-state index is 0.147. The normalized spacial score (nSPS) is 12.2. The molecule has 0 fully saturated rings. The summed E-state index contributed by atoms with van der Waals surface area (Å²) in [4.78, 5) is 4.41. The Labute approximate surface area is 112 Å². The number of imidazole rings is 1. The van der Waals surface area contributed by atoms with E-state index >= 15 is 0 Å². The van der Waals surface area contributed by atoms with Crippen LogP contribution in [0.15, 0.2) is 43.1 Å². The molecule has 2 rings (SSSR count). The first kappa shape index (κ1) is 13.3. The zero-order valence-electron chi connectivity index (χ0n) is 11.2. The summed E-state index contributed by atoms with van der Waals surface area (Å²) in [5, 5.41) is 3.24. The van der Waals surface area contributed by atoms with Crippen molar-refractivity contribution >= 4 is 5.95 Å². The summed E-state index contributed by atoms with van der Waals surface area (Å²) in [5.74, 6) is 0.522. The monoisotopic (exact) mass is 259 g/mol. The van der Waals surface area contributed by atoms with Gasteiger partial charge in [-0.15, -0.1) is 6.58 Å². The van der Waals surface area contributed by atoms with E-state index in [1.54, 1.807) is 18.2 Å². The van der Waals surface area contributed by atoms with Crippen molar-refractivity contribution in [1.29, 1.82) is 0 Å². The average Bonchev–Trinajstić information content (AvgIpc) is 2.70. The van der Waals surface area contributed by atoms with Crippen molar-refractivity contribution in [1.82, 2.24) is 9.55 Å². The fraction of sp³-hybridized carbons (Fsp3) is 0.267. The first-order valence-electron chi connectivity index (χ1n) is 6.27. The second-order valence-electron chi connectivity index (χ2n) is 4.53. The lowest BCUT2D eigenvalue weighted by Gasteiger charge is -2.16. The molecule has 0 saturated heterocycles. The molecule has 1 aromatic carbocycles. The second kappa shape index (κ2) is 5.69. The van der Waals surface area contributed by atoms with Crippen molar-refractivity contribution < 1.29 is 4.39 Å². The molecule has 0 saturated carbocycles. The highest BCUT2D eigenvalue weighted by atomic mass is 19.1. The summed E-state index contributed by atoms with van der Waals surface area (Å²) in [6.07, 6.45) is 3.75. The molecule has 1 unspecified atom stereocenters. The predicted molar refractivity (Wildman–Crippen MR) is 75.6 cm³/mol. The first-order valence-corrected chi connectivity index (χ1v) is 6.27. The van der Waals surface area contributed by atoms with Crippen LogP contribution in [0.1, 0.15) is 24.2 Å². The molecule has 2 aromatic rings. The third-order valence-corrected chi connectivity index (χ3v) is 2.94. The molecular formula is C15H18FN3. The van der Waals surface area contributed by atoms with E-state index in [9.17, 15) is 4.39 Å². The summed E-state index contributed by atoms with van der Waals surface area (Å²) in [5.41, 5.74) is 1.55. The van der Waals surface area contributed by atoms with E-state index in [1.807, 2.05) is 30.7 Å². The van der Waals surface area contributed by atoms with Gasteiger partial charge in [0, 0.05) is 18.3 Å². The minimum atomic E-state index is -0.207. The first-order chi connectivity index (χ1) is 9.11. The molecular weight excluding hydrogens is 241 g/mol. The van der Waals surface area contributed by atoms with Gasteiger partial charge in [-0.2, -0.15) is 0 Å². The molecule has 0 bridgehead atoms. The summed E-state index contributed by atoms with van der Waals surface area (Å²) in [7, 11) is 0. The molecule has 1 atom stereocenters. The van der Waals surface area contributed by atoms with Gasteiger partial charge in [-0.1, -0.05) is 24.3 Å². The van der Waals surface area contributed by atoms with Gasteiger partial charge in [0.2, 0.25) is 5.95 Å². The molecule has 0 aliphatic carbocycles. The maximum Gasteiger partial charge on any atom is 0.203 e. The third kappa shape index (κ3) is 3.02. The molecule has 19 heavy (non-hydrogen) atoms. The van der Waals surface area contributed by atoms with Crippen molar-refractivity contribution in [2.24, 2.45) is 0 Å². The van der Waals surface area contributed by atoms with Crippen LogP contribution in [-0.4, -0.2) is 9.55 Å². The molecule has 0 radical (unpaired) electrons. The quantitative estimate of drug-likeness (QED) is 0.830. The molecule has 1 N–H and O–H groups in total. The van der Waals surface area contributed by atoms with Crippen molar-refractivity contribution in [2.75, 3.05) is 5.32 Å². The van der Waals surface area contributed by atoms with Gasteiger partial charge in [-0.3, -0.25) is 0 Å². The molecule has 0 spiro atoms. The Morgan fingerprint density at radius 2 is 2.21 bits per heavy atom. The Bertz CT molecular complexity index is 575. The van der Waals surface area contributed by atoms with Crippen LogP contribution in [0.25, 0.3) is 0 Å². The minimum Gasteiger partial charge on any atom is -0.349 e. The van der Waals surface area contributed by atoms with E-state index in [0.717, 1.165) is 11.6 Å². The number of nitrogens with zero attached hydrogens (tertiary/aromatic N) is 2. The van der Waals surface area contributed by atoms with E-state index in [4.69, 9.17) is 0 Å². The molecule has 4 heteroatoms. The zero-order chi connectivity index (χ0) is 13.8. The van der Waals surface area contributed by atoms with Crippen molar-refractivity contribution in [3.8, 4) is 0 Å². The topological polar surface area (TPSA) is 29.9 Å². The molecule has 0 aliphatic heterocycles. The van der Waals surface area contributed by atoms with Crippen LogP contribution in [0.5, 0.6) is 0 Å². The van der Waals surface area contributed by atoms with Gasteiger partial charge in [0.05, 0.1) is 11.7 Å². The van der Waals surface area contributed by atoms with E-state index in [1.165, 1.54) is 6.07 Å². The standard InChI is InChI=1S/C15H18FN3/c1-4-9-19-10-11(2)17-15(19)18-12(3)13-7-5-6-8-14(13)16/h4-8,10,12H,1,9H2,2-3H3,(H,17,18). The Kier molecular flexibility index (Phi) is 4.00. The van der Waals surface area contributed by atoms with Gasteiger partial charge in [0.15, 0.2) is 0 Å². The number of aryl methyl sites for hydroxylation is 1. The van der Waals surface area contributed by atoms with Gasteiger partial charge >= 0.3 is 0 Å². The molecule has 1 aromatic heterocycles. The lowest BCUT2D eigenvalue weighted by molar-refractivity contribution is 0.598. The number of hydrogen-bond donors (Lipinski definition) is 1. The molecule has 0 aliphatic rings. The number of anilines is 1. The second-order valence-corrected chi connectivity index (χ2v) is 4.53. The summed E-state index contributed by atoms with van der Waals surface area (Å²) < 4.78 is 15.7. The molecule has 3 nitrogen and oxygen atoms in total. The number of benzene rings is 1. The van der Waals surface area contributed by atoms with Crippen LogP contribution in [-0.2, 0) is 6.54 Å². The predicted octanol–water partition coefficient (Wildman–Crippen LogP) is 3.69. The summed E-state index contributed by atoms with van der Waals surface area (Å²) in [6.45, 7) is 8.24. The van der Waals surface area contributed by atoms with Crippen molar-refractivity contribution in [3.05, 3.63) is 60.2 Å². The van der Waals surface area contributed by atoms with Gasteiger partial charge in [0.1, 0.15) is 5.82 Å².